The van der Waals surface area contributed by atoms with E-state index >= 15 is 0 Å². The molecule has 0 unspecified atom stereocenters. The van der Waals surface area contributed by atoms with Gasteiger partial charge in [0.25, 0.3) is 5.91 Å². The third kappa shape index (κ3) is 5.58. The normalized spacial score (nSPS) is 12.1. The van der Waals surface area contributed by atoms with Gasteiger partial charge in [-0.15, -0.1) is 0 Å². The van der Waals surface area contributed by atoms with Gasteiger partial charge >= 0.3 is 0 Å². The van der Waals surface area contributed by atoms with E-state index < -0.39 is 5.91 Å². The van der Waals surface area contributed by atoms with Crippen molar-refractivity contribution >= 4 is 17.5 Å². The number of fused-ring (bicyclic) bond motifs is 1. The third-order valence-corrected chi connectivity index (χ3v) is 6.55. The Bertz CT molecular complexity index is 1510. The molecule has 0 bridgehead atoms. The highest BCUT2D eigenvalue weighted by atomic mass is 16.5. The van der Waals surface area contributed by atoms with Crippen LogP contribution in [0.4, 0.5) is 11.6 Å². The van der Waals surface area contributed by atoms with Crippen LogP contribution in [0.2, 0.25) is 0 Å². The number of benzene rings is 2. The highest BCUT2D eigenvalue weighted by Gasteiger charge is 2.27. The number of anilines is 2. The first-order valence-electron chi connectivity index (χ1n) is 12.7. The lowest BCUT2D eigenvalue weighted by molar-refractivity contribution is 0.0944. The molecular formula is C29H30N6O5. The second kappa shape index (κ2) is 11.9. The van der Waals surface area contributed by atoms with Crippen LogP contribution in [0.15, 0.2) is 55.0 Å². The van der Waals surface area contributed by atoms with Crippen molar-refractivity contribution in [2.24, 2.45) is 0 Å². The molecule has 11 nitrogen and oxygen atoms in total. The number of ether oxygens (including phenoxy) is 4. The Morgan fingerprint density at radius 1 is 0.975 bits per heavy atom. The molecule has 1 N–H and O–H groups in total. The van der Waals surface area contributed by atoms with Gasteiger partial charge in [0.15, 0.2) is 0 Å². The van der Waals surface area contributed by atoms with Crippen molar-refractivity contribution in [3.63, 3.8) is 0 Å². The molecule has 4 aromatic rings. The third-order valence-electron chi connectivity index (χ3n) is 6.55. The molecule has 2 aromatic heterocycles. The van der Waals surface area contributed by atoms with Crippen LogP contribution < -0.4 is 29.2 Å². The fourth-order valence-electron chi connectivity index (χ4n) is 4.47. The molecule has 1 aliphatic rings. The van der Waals surface area contributed by atoms with Crippen molar-refractivity contribution in [2.75, 3.05) is 32.8 Å². The number of aromatic nitrogens is 4. The molecule has 0 radical (unpaired) electrons. The topological polar surface area (TPSA) is 121 Å². The minimum atomic E-state index is -0.398. The molecule has 1 amide bonds. The molecule has 0 atom stereocenters. The molecule has 40 heavy (non-hydrogen) atoms. The molecule has 1 aliphatic heterocycles. The van der Waals surface area contributed by atoms with Gasteiger partial charge in [-0.25, -0.2) is 4.98 Å². The average Bonchev–Trinajstić information content (AvgIpc) is 3.43. The maximum absolute atomic E-state index is 13.3. The summed E-state index contributed by atoms with van der Waals surface area (Å²) >= 11 is 0. The maximum atomic E-state index is 13.3. The first-order valence-corrected chi connectivity index (χ1v) is 12.7. The van der Waals surface area contributed by atoms with Crippen LogP contribution in [0.25, 0.3) is 0 Å². The van der Waals surface area contributed by atoms with Gasteiger partial charge in [0.05, 0.1) is 51.1 Å². The fraction of sp³-hybridized carbons (Fsp3) is 0.276. The van der Waals surface area contributed by atoms with E-state index in [0.717, 1.165) is 34.7 Å². The Balaban J connectivity index is 1.45. The fourth-order valence-corrected chi connectivity index (χ4v) is 4.47. The van der Waals surface area contributed by atoms with Crippen LogP contribution >= 0.6 is 0 Å². The summed E-state index contributed by atoms with van der Waals surface area (Å²) in [5, 5.41) is 2.86. The van der Waals surface area contributed by atoms with Crippen molar-refractivity contribution in [1.82, 2.24) is 25.3 Å². The lowest BCUT2D eigenvalue weighted by atomic mass is 10.1. The van der Waals surface area contributed by atoms with Crippen molar-refractivity contribution in [1.29, 1.82) is 0 Å². The maximum Gasteiger partial charge on any atom is 0.258 e. The summed E-state index contributed by atoms with van der Waals surface area (Å²) in [4.78, 5) is 33.0. The zero-order valence-electron chi connectivity index (χ0n) is 22.8. The van der Waals surface area contributed by atoms with Gasteiger partial charge < -0.3 is 29.2 Å². The van der Waals surface area contributed by atoms with E-state index in [-0.39, 0.29) is 24.6 Å². The van der Waals surface area contributed by atoms with Gasteiger partial charge in [-0.2, -0.15) is 4.98 Å². The van der Waals surface area contributed by atoms with E-state index in [9.17, 15) is 4.79 Å². The molecule has 3 heterocycles. The Morgan fingerprint density at radius 2 is 1.82 bits per heavy atom. The number of nitrogens with one attached hydrogen (secondary N) is 1. The van der Waals surface area contributed by atoms with Gasteiger partial charge in [0.2, 0.25) is 11.8 Å². The van der Waals surface area contributed by atoms with Crippen molar-refractivity contribution in [3.05, 3.63) is 83.1 Å². The van der Waals surface area contributed by atoms with Gasteiger partial charge in [0.1, 0.15) is 29.4 Å². The number of methoxy groups -OCH3 is 3. The molecule has 0 saturated heterocycles. The summed E-state index contributed by atoms with van der Waals surface area (Å²) in [6.07, 6.45) is 5.54. The largest absolute Gasteiger partial charge is 0.497 e. The average molecular weight is 543 g/mol. The minimum Gasteiger partial charge on any atom is -0.497 e. The summed E-state index contributed by atoms with van der Waals surface area (Å²) < 4.78 is 22.5. The van der Waals surface area contributed by atoms with Crippen LogP contribution in [-0.4, -0.2) is 53.7 Å². The second-order valence-corrected chi connectivity index (χ2v) is 9.05. The number of hydrogen-bond acceptors (Lipinski definition) is 10. The Kier molecular flexibility index (Phi) is 7.90. The molecule has 0 fully saturated rings. The van der Waals surface area contributed by atoms with E-state index in [4.69, 9.17) is 23.9 Å². The highest BCUT2D eigenvalue weighted by molar-refractivity contribution is 5.96. The minimum absolute atomic E-state index is 0.0882. The van der Waals surface area contributed by atoms with E-state index in [0.29, 0.717) is 29.7 Å². The zero-order chi connectivity index (χ0) is 28.1. The van der Waals surface area contributed by atoms with E-state index in [1.165, 1.54) is 6.20 Å². The van der Waals surface area contributed by atoms with Crippen LogP contribution in [-0.2, 0) is 19.6 Å². The van der Waals surface area contributed by atoms with E-state index in [1.54, 1.807) is 45.9 Å². The number of hydrogen-bond donors (Lipinski definition) is 1. The predicted molar refractivity (Wildman–Crippen MR) is 148 cm³/mol. The molecule has 0 saturated carbocycles. The van der Waals surface area contributed by atoms with Crippen LogP contribution in [0.1, 0.15) is 32.9 Å². The number of nitrogens with zero attached hydrogens (tertiary/aromatic N) is 5. The summed E-state index contributed by atoms with van der Waals surface area (Å²) in [5.74, 6) is 2.25. The van der Waals surface area contributed by atoms with Crippen LogP contribution in [0.5, 0.6) is 23.1 Å². The number of carbonyl (C=O) groups is 1. The first-order chi connectivity index (χ1) is 19.5. The molecule has 0 spiro atoms. The highest BCUT2D eigenvalue weighted by Crippen LogP contribution is 2.38. The van der Waals surface area contributed by atoms with Crippen molar-refractivity contribution < 1.29 is 23.7 Å². The number of carbonyl (C=O) groups excluding carboxylic acids is 1. The van der Waals surface area contributed by atoms with Gasteiger partial charge in [0, 0.05) is 30.1 Å². The monoisotopic (exact) mass is 542 g/mol. The van der Waals surface area contributed by atoms with E-state index in [1.807, 2.05) is 36.1 Å². The summed E-state index contributed by atoms with van der Waals surface area (Å²) in [6, 6.07) is 11.3. The molecule has 2 aromatic carbocycles. The number of aryl methyl sites for hydroxylation is 1. The summed E-state index contributed by atoms with van der Waals surface area (Å²) in [5.41, 5.74) is 4.38. The number of rotatable bonds is 10. The van der Waals surface area contributed by atoms with Gasteiger partial charge in [-0.05, 0) is 43.7 Å². The van der Waals surface area contributed by atoms with Gasteiger partial charge in [-0.3, -0.25) is 14.8 Å². The predicted octanol–water partition coefficient (Wildman–Crippen LogP) is 3.80. The Labute approximate surface area is 232 Å². The molecular weight excluding hydrogens is 512 g/mol. The summed E-state index contributed by atoms with van der Waals surface area (Å²) in [6.45, 7) is 2.79. The smallest absolute Gasteiger partial charge is 0.258 e. The van der Waals surface area contributed by atoms with Crippen LogP contribution in [0.3, 0.4) is 0 Å². The van der Waals surface area contributed by atoms with Crippen LogP contribution in [0, 0.1) is 6.92 Å². The standard InChI is InChI=1S/C29H30N6O5/c1-18-13-31-20(14-30-18)15-32-27(36)23-16-33-29(35-11-10-22-24(35)6-5-7-26(22)39-4)34-28(23)40-17-19-12-21(37-2)8-9-25(19)38-3/h5-9,12-14,16H,10-11,15,17H2,1-4H3,(H,32,36). The van der Waals surface area contributed by atoms with Gasteiger partial charge in [-0.1, -0.05) is 6.07 Å². The van der Waals surface area contributed by atoms with Crippen molar-refractivity contribution in [3.8, 4) is 23.1 Å². The van der Waals surface area contributed by atoms with Crippen molar-refractivity contribution in [2.45, 2.75) is 26.5 Å². The lowest BCUT2D eigenvalue weighted by Gasteiger charge is -2.19. The molecule has 5 rings (SSSR count). The second-order valence-electron chi connectivity index (χ2n) is 9.05. The SMILES string of the molecule is COc1ccc(OC)c(COc2nc(N3CCc4c(OC)cccc43)ncc2C(=O)NCc2cnc(C)cn2)c1. The molecule has 11 heteroatoms. The van der Waals surface area contributed by atoms with E-state index in [2.05, 4.69) is 20.3 Å². The number of amides is 1. The molecule has 0 aliphatic carbocycles. The zero-order valence-corrected chi connectivity index (χ0v) is 22.8. The summed E-state index contributed by atoms with van der Waals surface area (Å²) in [7, 11) is 4.83. The quantitative estimate of drug-likeness (QED) is 0.317. The molecule has 206 valence electrons. The Morgan fingerprint density at radius 3 is 2.58 bits per heavy atom. The lowest BCUT2D eigenvalue weighted by Crippen LogP contribution is -2.25. The Hall–Kier alpha value is -4.93. The first kappa shape index (κ1) is 26.7.